The highest BCUT2D eigenvalue weighted by atomic mass is 16.4. The van der Waals surface area contributed by atoms with Crippen LogP contribution in [0.15, 0.2) is 30.6 Å². The zero-order chi connectivity index (χ0) is 11.7. The van der Waals surface area contributed by atoms with Crippen molar-refractivity contribution in [2.24, 2.45) is 0 Å². The number of anilines is 1. The van der Waals surface area contributed by atoms with Gasteiger partial charge in [-0.05, 0) is 12.1 Å². The number of carbonyl (C=O) groups is 2. The van der Waals surface area contributed by atoms with Crippen LogP contribution >= 0.6 is 0 Å². The van der Waals surface area contributed by atoms with E-state index in [0.717, 1.165) is 0 Å². The molecule has 2 rings (SSSR count). The number of nitrogens with zero attached hydrogens (tertiary/aromatic N) is 1. The van der Waals surface area contributed by atoms with E-state index >= 15 is 0 Å². The van der Waals surface area contributed by atoms with Gasteiger partial charge in [0.25, 0.3) is 0 Å². The van der Waals surface area contributed by atoms with E-state index in [4.69, 9.17) is 5.11 Å². The molecule has 0 saturated carbocycles. The van der Waals surface area contributed by atoms with Gasteiger partial charge in [-0.15, -0.1) is 0 Å². The highest BCUT2D eigenvalue weighted by Crippen LogP contribution is 2.23. The Morgan fingerprint density at radius 1 is 1.38 bits per heavy atom. The van der Waals surface area contributed by atoms with Crippen LogP contribution in [-0.4, -0.2) is 21.4 Å². The third-order valence-corrected chi connectivity index (χ3v) is 2.21. The monoisotopic (exact) mass is 218 g/mol. The van der Waals surface area contributed by atoms with Gasteiger partial charge in [-0.2, -0.15) is 0 Å². The molecular formula is C11H10N2O3. The van der Waals surface area contributed by atoms with Crippen LogP contribution in [0, 0.1) is 0 Å². The molecule has 0 unspecified atom stereocenters. The number of carbonyl (C=O) groups excluding carboxylic acids is 1. The molecule has 0 spiro atoms. The van der Waals surface area contributed by atoms with E-state index in [1.54, 1.807) is 35.0 Å². The molecule has 0 atom stereocenters. The molecule has 2 aromatic rings. The van der Waals surface area contributed by atoms with Gasteiger partial charge in [0, 0.05) is 19.3 Å². The van der Waals surface area contributed by atoms with Crippen molar-refractivity contribution in [3.8, 4) is 0 Å². The molecule has 82 valence electrons. The molecule has 0 saturated heterocycles. The SMILES string of the molecule is CC(=O)Nc1cn2ccccc2c1C(=O)O. The second-order valence-corrected chi connectivity index (χ2v) is 3.40. The number of pyridine rings is 1. The lowest BCUT2D eigenvalue weighted by Gasteiger charge is -1.99. The minimum atomic E-state index is -1.06. The number of carboxylic acids is 1. The lowest BCUT2D eigenvalue weighted by atomic mass is 10.2. The number of fused-ring (bicyclic) bond motifs is 1. The Kier molecular flexibility index (Phi) is 2.36. The number of nitrogens with one attached hydrogen (secondary N) is 1. The summed E-state index contributed by atoms with van der Waals surface area (Å²) < 4.78 is 1.66. The van der Waals surface area contributed by atoms with Crippen molar-refractivity contribution in [3.63, 3.8) is 0 Å². The summed E-state index contributed by atoms with van der Waals surface area (Å²) in [5, 5.41) is 11.6. The van der Waals surface area contributed by atoms with Gasteiger partial charge in [0.2, 0.25) is 5.91 Å². The molecule has 16 heavy (non-hydrogen) atoms. The summed E-state index contributed by atoms with van der Waals surface area (Å²) >= 11 is 0. The number of rotatable bonds is 2. The van der Waals surface area contributed by atoms with E-state index in [2.05, 4.69) is 5.32 Å². The van der Waals surface area contributed by atoms with Crippen LogP contribution in [-0.2, 0) is 4.79 Å². The third kappa shape index (κ3) is 1.63. The molecule has 0 aliphatic rings. The van der Waals surface area contributed by atoms with E-state index in [-0.39, 0.29) is 11.5 Å². The van der Waals surface area contributed by atoms with E-state index in [0.29, 0.717) is 11.2 Å². The van der Waals surface area contributed by atoms with E-state index < -0.39 is 5.97 Å². The van der Waals surface area contributed by atoms with Crippen LogP contribution < -0.4 is 5.32 Å². The standard InChI is InChI=1S/C11H10N2O3/c1-7(14)12-8-6-13-5-3-2-4-9(13)10(8)11(15)16/h2-6H,1H3,(H,12,14)(H,15,16). The quantitative estimate of drug-likeness (QED) is 0.804. The van der Waals surface area contributed by atoms with Crippen LogP contribution in [0.4, 0.5) is 5.69 Å². The van der Waals surface area contributed by atoms with Crippen LogP contribution in [0.2, 0.25) is 0 Å². The van der Waals surface area contributed by atoms with Gasteiger partial charge >= 0.3 is 5.97 Å². The number of aromatic nitrogens is 1. The first-order valence-electron chi connectivity index (χ1n) is 4.70. The van der Waals surface area contributed by atoms with Crippen molar-refractivity contribution in [1.29, 1.82) is 0 Å². The number of carboxylic acid groups (broad SMARTS) is 1. The van der Waals surface area contributed by atoms with E-state index in [1.165, 1.54) is 6.92 Å². The second kappa shape index (κ2) is 3.69. The molecule has 5 nitrogen and oxygen atoms in total. The van der Waals surface area contributed by atoms with Gasteiger partial charge < -0.3 is 14.8 Å². The van der Waals surface area contributed by atoms with E-state index in [1.807, 2.05) is 0 Å². The van der Waals surface area contributed by atoms with Crippen molar-refractivity contribution in [2.45, 2.75) is 6.92 Å². The molecule has 2 N–H and O–H groups in total. The molecule has 0 bridgehead atoms. The van der Waals surface area contributed by atoms with Crippen molar-refractivity contribution < 1.29 is 14.7 Å². The topological polar surface area (TPSA) is 70.8 Å². The minimum absolute atomic E-state index is 0.107. The fourth-order valence-corrected chi connectivity index (χ4v) is 1.63. The zero-order valence-corrected chi connectivity index (χ0v) is 8.60. The van der Waals surface area contributed by atoms with Gasteiger partial charge in [0.1, 0.15) is 5.56 Å². The average molecular weight is 218 g/mol. The lowest BCUT2D eigenvalue weighted by Crippen LogP contribution is -2.08. The Hall–Kier alpha value is -2.30. The summed E-state index contributed by atoms with van der Waals surface area (Å²) in [5.41, 5.74) is 0.973. The maximum absolute atomic E-state index is 11.1. The second-order valence-electron chi connectivity index (χ2n) is 3.40. The summed E-state index contributed by atoms with van der Waals surface area (Å²) in [4.78, 5) is 22.1. The Morgan fingerprint density at radius 2 is 2.12 bits per heavy atom. The molecular weight excluding hydrogens is 208 g/mol. The summed E-state index contributed by atoms with van der Waals surface area (Å²) in [7, 11) is 0. The number of hydrogen-bond acceptors (Lipinski definition) is 2. The number of amides is 1. The fraction of sp³-hybridized carbons (Fsp3) is 0.0909. The molecule has 0 fully saturated rings. The van der Waals surface area contributed by atoms with Gasteiger partial charge in [-0.1, -0.05) is 6.07 Å². The summed E-state index contributed by atoms with van der Waals surface area (Å²) in [6, 6.07) is 5.23. The van der Waals surface area contributed by atoms with Crippen LogP contribution in [0.3, 0.4) is 0 Å². The fourth-order valence-electron chi connectivity index (χ4n) is 1.63. The van der Waals surface area contributed by atoms with Crippen LogP contribution in [0.1, 0.15) is 17.3 Å². The first-order chi connectivity index (χ1) is 7.59. The highest BCUT2D eigenvalue weighted by molar-refractivity contribution is 6.05. The first-order valence-corrected chi connectivity index (χ1v) is 4.70. The maximum Gasteiger partial charge on any atom is 0.340 e. The summed E-state index contributed by atoms with van der Waals surface area (Å²) in [6.45, 7) is 1.34. The van der Waals surface area contributed by atoms with Gasteiger partial charge in [-0.25, -0.2) is 4.79 Å². The summed E-state index contributed by atoms with van der Waals surface area (Å²) in [5.74, 6) is -1.35. The Labute approximate surface area is 91.3 Å². The molecule has 0 radical (unpaired) electrons. The van der Waals surface area contributed by atoms with Crippen molar-refractivity contribution >= 4 is 23.1 Å². The molecule has 0 aliphatic heterocycles. The highest BCUT2D eigenvalue weighted by Gasteiger charge is 2.17. The zero-order valence-electron chi connectivity index (χ0n) is 8.60. The van der Waals surface area contributed by atoms with E-state index in [9.17, 15) is 9.59 Å². The molecule has 5 heteroatoms. The Bertz CT molecular complexity index is 572. The molecule has 1 amide bonds. The predicted octanol–water partition coefficient (Wildman–Crippen LogP) is 1.60. The van der Waals surface area contributed by atoms with Gasteiger partial charge in [-0.3, -0.25) is 4.79 Å². The van der Waals surface area contributed by atoms with Gasteiger partial charge in [0.15, 0.2) is 0 Å². The van der Waals surface area contributed by atoms with Crippen LogP contribution in [0.5, 0.6) is 0 Å². The lowest BCUT2D eigenvalue weighted by molar-refractivity contribution is -0.114. The maximum atomic E-state index is 11.1. The largest absolute Gasteiger partial charge is 0.478 e. The van der Waals surface area contributed by atoms with Crippen molar-refractivity contribution in [2.75, 3.05) is 5.32 Å². The summed E-state index contributed by atoms with van der Waals surface area (Å²) in [6.07, 6.45) is 3.31. The molecule has 0 aliphatic carbocycles. The molecule has 2 heterocycles. The first kappa shape index (κ1) is 10.2. The van der Waals surface area contributed by atoms with Crippen molar-refractivity contribution in [3.05, 3.63) is 36.2 Å². The smallest absolute Gasteiger partial charge is 0.340 e. The number of aromatic carboxylic acids is 1. The minimum Gasteiger partial charge on any atom is -0.478 e. The molecule has 0 aromatic carbocycles. The Balaban J connectivity index is 2.68. The van der Waals surface area contributed by atoms with Gasteiger partial charge in [0.05, 0.1) is 11.2 Å². The average Bonchev–Trinajstić information content (AvgIpc) is 2.53. The van der Waals surface area contributed by atoms with Crippen LogP contribution in [0.25, 0.3) is 5.52 Å². The Morgan fingerprint density at radius 3 is 2.75 bits per heavy atom. The third-order valence-electron chi connectivity index (χ3n) is 2.21. The predicted molar refractivity (Wildman–Crippen MR) is 58.7 cm³/mol. The normalized spacial score (nSPS) is 10.3. The number of hydrogen-bond donors (Lipinski definition) is 2. The molecule has 2 aromatic heterocycles. The van der Waals surface area contributed by atoms with Crippen molar-refractivity contribution in [1.82, 2.24) is 4.40 Å².